The summed E-state index contributed by atoms with van der Waals surface area (Å²) in [4.78, 5) is 0. The van der Waals surface area contributed by atoms with E-state index in [-0.39, 0.29) is 11.6 Å². The highest BCUT2D eigenvalue weighted by molar-refractivity contribution is 7.89. The largest absolute Gasteiger partial charge is 0.316 e. The van der Waals surface area contributed by atoms with Crippen molar-refractivity contribution in [1.82, 2.24) is 20.2 Å². The van der Waals surface area contributed by atoms with Gasteiger partial charge in [-0.25, -0.2) is 13.1 Å². The van der Waals surface area contributed by atoms with Gasteiger partial charge in [0, 0.05) is 18.7 Å². The third-order valence-corrected chi connectivity index (χ3v) is 4.51. The number of thiophene rings is 1. The molecule has 18 heavy (non-hydrogen) atoms. The number of aromatic amines is 1. The standard InChI is InChI=1S/C10H14N4O2S2/c1-11-5-9-6-12-14-10(9)18(15,16)13-4-8-2-3-17-7-8/h2-3,6-7,11,13H,4-5H2,1H3,(H,12,14). The van der Waals surface area contributed by atoms with Crippen LogP contribution in [0.25, 0.3) is 0 Å². The quantitative estimate of drug-likeness (QED) is 0.728. The third kappa shape index (κ3) is 2.96. The topological polar surface area (TPSA) is 86.9 Å². The van der Waals surface area contributed by atoms with Crippen LogP contribution in [0, 0.1) is 0 Å². The lowest BCUT2D eigenvalue weighted by molar-refractivity contribution is 0.575. The average molecular weight is 286 g/mol. The van der Waals surface area contributed by atoms with Gasteiger partial charge in [0.25, 0.3) is 10.0 Å². The fourth-order valence-corrected chi connectivity index (χ4v) is 3.30. The zero-order valence-electron chi connectivity index (χ0n) is 9.80. The summed E-state index contributed by atoms with van der Waals surface area (Å²) >= 11 is 1.53. The summed E-state index contributed by atoms with van der Waals surface area (Å²) in [5.41, 5.74) is 1.56. The van der Waals surface area contributed by atoms with Gasteiger partial charge >= 0.3 is 0 Å². The first-order valence-electron chi connectivity index (χ1n) is 5.31. The van der Waals surface area contributed by atoms with Crippen LogP contribution in [0.4, 0.5) is 0 Å². The van der Waals surface area contributed by atoms with Crippen LogP contribution in [0.2, 0.25) is 0 Å². The normalized spacial score (nSPS) is 11.8. The number of H-pyrrole nitrogens is 1. The summed E-state index contributed by atoms with van der Waals surface area (Å²) in [6.45, 7) is 0.731. The van der Waals surface area contributed by atoms with Crippen molar-refractivity contribution in [3.05, 3.63) is 34.2 Å². The summed E-state index contributed by atoms with van der Waals surface area (Å²) in [6.07, 6.45) is 1.51. The molecule has 0 unspecified atom stereocenters. The van der Waals surface area contributed by atoms with Crippen molar-refractivity contribution >= 4 is 21.4 Å². The van der Waals surface area contributed by atoms with Crippen LogP contribution in [0.1, 0.15) is 11.1 Å². The van der Waals surface area contributed by atoms with Crippen LogP contribution >= 0.6 is 11.3 Å². The third-order valence-electron chi connectivity index (χ3n) is 2.36. The molecule has 2 aromatic rings. The van der Waals surface area contributed by atoms with Crippen molar-refractivity contribution in [2.75, 3.05) is 7.05 Å². The molecule has 0 aromatic carbocycles. The molecule has 0 saturated heterocycles. The van der Waals surface area contributed by atoms with Gasteiger partial charge in [0.1, 0.15) is 0 Å². The monoisotopic (exact) mass is 286 g/mol. The fraction of sp³-hybridized carbons (Fsp3) is 0.300. The minimum Gasteiger partial charge on any atom is -0.316 e. The van der Waals surface area contributed by atoms with Gasteiger partial charge in [-0.2, -0.15) is 16.4 Å². The zero-order chi connectivity index (χ0) is 13.0. The Balaban J connectivity index is 2.12. The van der Waals surface area contributed by atoms with Crippen molar-refractivity contribution in [3.63, 3.8) is 0 Å². The maximum absolute atomic E-state index is 12.1. The van der Waals surface area contributed by atoms with Gasteiger partial charge in [-0.3, -0.25) is 5.10 Å². The second-order valence-corrected chi connectivity index (χ2v) is 6.19. The molecule has 8 heteroatoms. The Kier molecular flexibility index (Phi) is 4.12. The summed E-state index contributed by atoms with van der Waals surface area (Å²) < 4.78 is 26.7. The smallest absolute Gasteiger partial charge is 0.258 e. The van der Waals surface area contributed by atoms with Crippen LogP contribution in [0.15, 0.2) is 28.0 Å². The van der Waals surface area contributed by atoms with E-state index in [0.717, 1.165) is 5.56 Å². The molecule has 0 saturated carbocycles. The van der Waals surface area contributed by atoms with Gasteiger partial charge in [-0.15, -0.1) is 0 Å². The predicted molar refractivity (Wildman–Crippen MR) is 69.7 cm³/mol. The number of hydrogen-bond donors (Lipinski definition) is 3. The Labute approximate surface area is 109 Å². The molecular formula is C10H14N4O2S2. The minimum absolute atomic E-state index is 0.118. The van der Waals surface area contributed by atoms with E-state index in [2.05, 4.69) is 20.2 Å². The van der Waals surface area contributed by atoms with Crippen LogP contribution in [-0.2, 0) is 23.1 Å². The van der Waals surface area contributed by atoms with Crippen LogP contribution < -0.4 is 10.0 Å². The SMILES string of the molecule is CNCc1cn[nH]c1S(=O)(=O)NCc1ccsc1. The van der Waals surface area contributed by atoms with E-state index in [0.29, 0.717) is 12.1 Å². The van der Waals surface area contributed by atoms with Gasteiger partial charge in [-0.05, 0) is 29.4 Å². The molecule has 0 amide bonds. The zero-order valence-corrected chi connectivity index (χ0v) is 11.4. The van der Waals surface area contributed by atoms with E-state index < -0.39 is 10.0 Å². The minimum atomic E-state index is -3.55. The highest BCUT2D eigenvalue weighted by Gasteiger charge is 2.20. The van der Waals surface area contributed by atoms with Crippen molar-refractivity contribution in [2.24, 2.45) is 0 Å². The molecule has 0 fully saturated rings. The molecule has 2 rings (SSSR count). The Morgan fingerprint density at radius 1 is 1.44 bits per heavy atom. The molecule has 2 heterocycles. The molecule has 0 aliphatic heterocycles. The molecular weight excluding hydrogens is 272 g/mol. The first-order chi connectivity index (χ1) is 8.63. The van der Waals surface area contributed by atoms with Crippen LogP contribution in [0.3, 0.4) is 0 Å². The number of hydrogen-bond acceptors (Lipinski definition) is 5. The molecule has 98 valence electrons. The molecule has 6 nitrogen and oxygen atoms in total. The second-order valence-electron chi connectivity index (χ2n) is 3.71. The number of rotatable bonds is 6. The van der Waals surface area contributed by atoms with E-state index in [1.807, 2.05) is 16.8 Å². The number of nitrogens with one attached hydrogen (secondary N) is 3. The molecule has 2 aromatic heterocycles. The molecule has 0 radical (unpaired) electrons. The summed E-state index contributed by atoms with van der Waals surface area (Å²) in [6, 6.07) is 1.88. The lowest BCUT2D eigenvalue weighted by Gasteiger charge is -2.06. The van der Waals surface area contributed by atoms with Gasteiger partial charge < -0.3 is 5.32 Å². The Bertz CT molecular complexity index is 589. The molecule has 0 spiro atoms. The molecule has 0 bridgehead atoms. The van der Waals surface area contributed by atoms with Crippen molar-refractivity contribution < 1.29 is 8.42 Å². The predicted octanol–water partition coefficient (Wildman–Crippen LogP) is 0.669. The molecule has 0 atom stereocenters. The highest BCUT2D eigenvalue weighted by Crippen LogP contribution is 2.13. The van der Waals surface area contributed by atoms with Crippen LogP contribution in [-0.4, -0.2) is 25.7 Å². The summed E-state index contributed by atoms with van der Waals surface area (Å²) in [5, 5.41) is 13.1. The van der Waals surface area contributed by atoms with Crippen LogP contribution in [0.5, 0.6) is 0 Å². The number of sulfonamides is 1. The van der Waals surface area contributed by atoms with E-state index in [4.69, 9.17) is 0 Å². The first kappa shape index (κ1) is 13.2. The van der Waals surface area contributed by atoms with Crippen molar-refractivity contribution in [3.8, 4) is 0 Å². The lowest BCUT2D eigenvalue weighted by Crippen LogP contribution is -2.25. The molecule has 0 aliphatic rings. The van der Waals surface area contributed by atoms with E-state index in [1.165, 1.54) is 17.5 Å². The van der Waals surface area contributed by atoms with Crippen molar-refractivity contribution in [1.29, 1.82) is 0 Å². The summed E-state index contributed by atoms with van der Waals surface area (Å²) in [7, 11) is -1.80. The molecule has 3 N–H and O–H groups in total. The Morgan fingerprint density at radius 3 is 2.94 bits per heavy atom. The maximum Gasteiger partial charge on any atom is 0.258 e. The van der Waals surface area contributed by atoms with E-state index in [1.54, 1.807) is 7.05 Å². The number of nitrogens with zero attached hydrogens (tertiary/aromatic N) is 1. The first-order valence-corrected chi connectivity index (χ1v) is 7.73. The second kappa shape index (κ2) is 5.61. The Morgan fingerprint density at radius 2 is 2.28 bits per heavy atom. The average Bonchev–Trinajstić information content (AvgIpc) is 2.97. The number of aromatic nitrogens is 2. The van der Waals surface area contributed by atoms with Gasteiger partial charge in [0.05, 0.1) is 6.20 Å². The van der Waals surface area contributed by atoms with Gasteiger partial charge in [-0.1, -0.05) is 0 Å². The van der Waals surface area contributed by atoms with Gasteiger partial charge in [0.15, 0.2) is 5.03 Å². The van der Waals surface area contributed by atoms with E-state index in [9.17, 15) is 8.42 Å². The fourth-order valence-electron chi connectivity index (χ4n) is 1.49. The summed E-state index contributed by atoms with van der Waals surface area (Å²) in [5.74, 6) is 0. The Hall–Kier alpha value is -1.22. The van der Waals surface area contributed by atoms with Gasteiger partial charge in [0.2, 0.25) is 0 Å². The highest BCUT2D eigenvalue weighted by atomic mass is 32.2. The maximum atomic E-state index is 12.1. The lowest BCUT2D eigenvalue weighted by atomic mass is 10.4. The molecule has 0 aliphatic carbocycles. The van der Waals surface area contributed by atoms with Crippen molar-refractivity contribution in [2.45, 2.75) is 18.1 Å². The van der Waals surface area contributed by atoms with E-state index >= 15 is 0 Å².